The average Bonchev–Trinajstić information content (AvgIpc) is 3.14. The molecular weight excluding hydrogens is 344 g/mol. The van der Waals surface area contributed by atoms with E-state index < -0.39 is 0 Å². The number of para-hydroxylation sites is 1. The fraction of sp³-hybridized carbons (Fsp3) is 0.333. The standard InChI is InChI=1S/C21H22N2O4/c1-14-6-7-17(13-22-14)26-16-8-10-23(11-9-16)21(24)19-12-15-4-3-5-18(25-2)20(15)27-19/h3-7,12-13,16H,8-11H2,1-2H3. The predicted octanol–water partition coefficient (Wildman–Crippen LogP) is 3.83. The van der Waals surface area contributed by atoms with Crippen molar-refractivity contribution in [2.75, 3.05) is 20.2 Å². The predicted molar refractivity (Wildman–Crippen MR) is 101 cm³/mol. The number of ether oxygens (including phenoxy) is 2. The molecule has 0 N–H and O–H groups in total. The maximum atomic E-state index is 12.8. The largest absolute Gasteiger partial charge is 0.493 e. The van der Waals surface area contributed by atoms with Crippen LogP contribution in [0, 0.1) is 6.92 Å². The highest BCUT2D eigenvalue weighted by atomic mass is 16.5. The molecule has 1 aliphatic heterocycles. The fourth-order valence-electron chi connectivity index (χ4n) is 3.35. The molecule has 0 unspecified atom stereocenters. The molecular formula is C21H22N2O4. The lowest BCUT2D eigenvalue weighted by Gasteiger charge is -2.31. The number of aryl methyl sites for hydroxylation is 1. The number of aromatic nitrogens is 1. The van der Waals surface area contributed by atoms with Crippen molar-refractivity contribution in [3.63, 3.8) is 0 Å². The molecule has 27 heavy (non-hydrogen) atoms. The summed E-state index contributed by atoms with van der Waals surface area (Å²) in [6.07, 6.45) is 3.40. The molecule has 6 heteroatoms. The van der Waals surface area contributed by atoms with Gasteiger partial charge in [0.2, 0.25) is 0 Å². The van der Waals surface area contributed by atoms with Crippen molar-refractivity contribution in [2.24, 2.45) is 0 Å². The molecule has 0 atom stereocenters. The molecule has 0 saturated carbocycles. The minimum atomic E-state index is -0.0938. The van der Waals surface area contributed by atoms with E-state index in [1.807, 2.05) is 42.2 Å². The third kappa shape index (κ3) is 3.60. The Labute approximate surface area is 157 Å². The van der Waals surface area contributed by atoms with Crippen molar-refractivity contribution in [3.05, 3.63) is 54.0 Å². The number of furan rings is 1. The Kier molecular flexibility index (Phi) is 4.71. The first-order valence-corrected chi connectivity index (χ1v) is 9.09. The molecule has 0 aliphatic carbocycles. The number of rotatable bonds is 4. The van der Waals surface area contributed by atoms with Gasteiger partial charge in [0, 0.05) is 37.0 Å². The zero-order chi connectivity index (χ0) is 18.8. The second-order valence-corrected chi connectivity index (χ2v) is 6.73. The van der Waals surface area contributed by atoms with Crippen LogP contribution in [0.4, 0.5) is 0 Å². The van der Waals surface area contributed by atoms with Crippen LogP contribution < -0.4 is 9.47 Å². The van der Waals surface area contributed by atoms with E-state index in [4.69, 9.17) is 13.9 Å². The number of hydrogen-bond acceptors (Lipinski definition) is 5. The Balaban J connectivity index is 1.40. The highest BCUT2D eigenvalue weighted by molar-refractivity contribution is 5.97. The molecule has 4 rings (SSSR count). The average molecular weight is 366 g/mol. The first-order valence-electron chi connectivity index (χ1n) is 9.09. The smallest absolute Gasteiger partial charge is 0.289 e. The Bertz CT molecular complexity index is 940. The van der Waals surface area contributed by atoms with Gasteiger partial charge in [-0.1, -0.05) is 12.1 Å². The lowest BCUT2D eigenvalue weighted by Crippen LogP contribution is -2.41. The number of pyridine rings is 1. The van der Waals surface area contributed by atoms with Crippen LogP contribution in [0.3, 0.4) is 0 Å². The summed E-state index contributed by atoms with van der Waals surface area (Å²) >= 11 is 0. The van der Waals surface area contributed by atoms with Gasteiger partial charge in [-0.3, -0.25) is 9.78 Å². The normalized spacial score (nSPS) is 15.1. The second kappa shape index (κ2) is 7.31. The van der Waals surface area contributed by atoms with Crippen molar-refractivity contribution in [2.45, 2.75) is 25.9 Å². The van der Waals surface area contributed by atoms with Crippen LogP contribution in [0.5, 0.6) is 11.5 Å². The third-order valence-corrected chi connectivity index (χ3v) is 4.85. The van der Waals surface area contributed by atoms with Gasteiger partial charge in [-0.15, -0.1) is 0 Å². The van der Waals surface area contributed by atoms with Gasteiger partial charge in [-0.05, 0) is 31.2 Å². The molecule has 1 aliphatic rings. The van der Waals surface area contributed by atoms with Crippen LogP contribution >= 0.6 is 0 Å². The van der Waals surface area contributed by atoms with E-state index in [9.17, 15) is 4.79 Å². The Morgan fingerprint density at radius 1 is 1.22 bits per heavy atom. The Hall–Kier alpha value is -3.02. The third-order valence-electron chi connectivity index (χ3n) is 4.85. The molecule has 1 fully saturated rings. The minimum Gasteiger partial charge on any atom is -0.493 e. The highest BCUT2D eigenvalue weighted by Gasteiger charge is 2.27. The van der Waals surface area contributed by atoms with E-state index in [1.165, 1.54) is 0 Å². The number of carbonyl (C=O) groups is 1. The van der Waals surface area contributed by atoms with Crippen molar-refractivity contribution < 1.29 is 18.7 Å². The molecule has 3 aromatic rings. The van der Waals surface area contributed by atoms with E-state index in [1.54, 1.807) is 19.4 Å². The summed E-state index contributed by atoms with van der Waals surface area (Å²) in [7, 11) is 1.59. The van der Waals surface area contributed by atoms with Gasteiger partial charge in [-0.25, -0.2) is 0 Å². The Morgan fingerprint density at radius 2 is 2.04 bits per heavy atom. The SMILES string of the molecule is COc1cccc2cc(C(=O)N3CCC(Oc4ccc(C)nc4)CC3)oc12. The molecule has 1 saturated heterocycles. The number of methoxy groups -OCH3 is 1. The summed E-state index contributed by atoms with van der Waals surface area (Å²) in [6.45, 7) is 3.22. The number of carbonyl (C=O) groups excluding carboxylic acids is 1. The van der Waals surface area contributed by atoms with Crippen LogP contribution in [-0.2, 0) is 0 Å². The number of piperidine rings is 1. The number of fused-ring (bicyclic) bond motifs is 1. The van der Waals surface area contributed by atoms with Gasteiger partial charge in [0.25, 0.3) is 5.91 Å². The molecule has 140 valence electrons. The van der Waals surface area contributed by atoms with Gasteiger partial charge in [0.1, 0.15) is 11.9 Å². The number of amides is 1. The van der Waals surface area contributed by atoms with Crippen molar-refractivity contribution >= 4 is 16.9 Å². The number of likely N-dealkylation sites (tertiary alicyclic amines) is 1. The van der Waals surface area contributed by atoms with Gasteiger partial charge >= 0.3 is 0 Å². The maximum absolute atomic E-state index is 12.8. The number of benzene rings is 1. The van der Waals surface area contributed by atoms with E-state index in [0.29, 0.717) is 30.2 Å². The summed E-state index contributed by atoms with van der Waals surface area (Å²) in [5.74, 6) is 1.65. The lowest BCUT2D eigenvalue weighted by atomic mass is 10.1. The topological polar surface area (TPSA) is 64.8 Å². The van der Waals surface area contributed by atoms with E-state index in [0.717, 1.165) is 29.7 Å². The van der Waals surface area contributed by atoms with Crippen molar-refractivity contribution in [3.8, 4) is 11.5 Å². The summed E-state index contributed by atoms with van der Waals surface area (Å²) in [6, 6.07) is 11.3. The monoisotopic (exact) mass is 366 g/mol. The van der Waals surface area contributed by atoms with Crippen LogP contribution in [0.1, 0.15) is 29.1 Å². The van der Waals surface area contributed by atoms with Crippen LogP contribution in [-0.4, -0.2) is 42.1 Å². The summed E-state index contributed by atoms with van der Waals surface area (Å²) in [5.41, 5.74) is 1.57. The molecule has 2 aromatic heterocycles. The minimum absolute atomic E-state index is 0.0920. The second-order valence-electron chi connectivity index (χ2n) is 6.73. The zero-order valence-corrected chi connectivity index (χ0v) is 15.5. The first-order chi connectivity index (χ1) is 13.1. The molecule has 0 radical (unpaired) electrons. The lowest BCUT2D eigenvalue weighted by molar-refractivity contribution is 0.0568. The molecule has 3 heterocycles. The number of hydrogen-bond donors (Lipinski definition) is 0. The van der Waals surface area contributed by atoms with Gasteiger partial charge < -0.3 is 18.8 Å². The van der Waals surface area contributed by atoms with Crippen LogP contribution in [0.15, 0.2) is 47.0 Å². The Morgan fingerprint density at radius 3 is 2.74 bits per heavy atom. The first kappa shape index (κ1) is 17.4. The van der Waals surface area contributed by atoms with E-state index in [2.05, 4.69) is 4.98 Å². The van der Waals surface area contributed by atoms with Crippen LogP contribution in [0.25, 0.3) is 11.0 Å². The molecule has 0 spiro atoms. The molecule has 1 amide bonds. The maximum Gasteiger partial charge on any atom is 0.289 e. The molecule has 1 aromatic carbocycles. The summed E-state index contributed by atoms with van der Waals surface area (Å²) in [5, 5.41) is 0.864. The summed E-state index contributed by atoms with van der Waals surface area (Å²) < 4.78 is 17.1. The van der Waals surface area contributed by atoms with Gasteiger partial charge in [0.05, 0.1) is 13.3 Å². The van der Waals surface area contributed by atoms with Gasteiger partial charge in [-0.2, -0.15) is 0 Å². The molecule has 6 nitrogen and oxygen atoms in total. The quantitative estimate of drug-likeness (QED) is 0.702. The fourth-order valence-corrected chi connectivity index (χ4v) is 3.35. The van der Waals surface area contributed by atoms with Crippen molar-refractivity contribution in [1.29, 1.82) is 0 Å². The van der Waals surface area contributed by atoms with Crippen LogP contribution in [0.2, 0.25) is 0 Å². The number of nitrogens with zero attached hydrogens (tertiary/aromatic N) is 2. The summed E-state index contributed by atoms with van der Waals surface area (Å²) in [4.78, 5) is 18.9. The van der Waals surface area contributed by atoms with E-state index >= 15 is 0 Å². The van der Waals surface area contributed by atoms with E-state index in [-0.39, 0.29) is 12.0 Å². The zero-order valence-electron chi connectivity index (χ0n) is 15.5. The highest BCUT2D eigenvalue weighted by Crippen LogP contribution is 2.29. The van der Waals surface area contributed by atoms with Crippen molar-refractivity contribution in [1.82, 2.24) is 9.88 Å². The molecule has 0 bridgehead atoms. The van der Waals surface area contributed by atoms with Gasteiger partial charge in [0.15, 0.2) is 17.1 Å².